The zero-order valence-electron chi connectivity index (χ0n) is 13.4. The van der Waals surface area contributed by atoms with E-state index >= 15 is 0 Å². The maximum atomic E-state index is 13.6. The first-order chi connectivity index (χ1) is 12.8. The minimum Gasteiger partial charge on any atom is -0.256 e. The smallest absolute Gasteiger partial charge is 0.256 e. The summed E-state index contributed by atoms with van der Waals surface area (Å²) in [5.41, 5.74) is -0.000324. The minimum atomic E-state index is -4.67. The number of aromatic nitrogens is 4. The fraction of sp³-hybridized carbons (Fsp3) is 0.0556. The molecule has 0 aliphatic carbocycles. The lowest BCUT2D eigenvalue weighted by Crippen LogP contribution is -2.13. The van der Waals surface area contributed by atoms with Crippen molar-refractivity contribution in [2.75, 3.05) is 0 Å². The first-order valence-corrected chi connectivity index (χ1v) is 8.05. The monoisotopic (exact) mass is 392 g/mol. The molecule has 3 aromatic heterocycles. The van der Waals surface area contributed by atoms with Crippen LogP contribution in [0.25, 0.3) is 28.2 Å². The molecule has 0 aliphatic rings. The molecule has 4 nitrogen and oxygen atoms in total. The van der Waals surface area contributed by atoms with E-state index < -0.39 is 17.7 Å². The summed E-state index contributed by atoms with van der Waals surface area (Å²) in [6, 6.07) is 9.52. The van der Waals surface area contributed by atoms with Gasteiger partial charge in [0.05, 0.1) is 28.2 Å². The number of nitrogens with zero attached hydrogens (tertiary/aromatic N) is 4. The van der Waals surface area contributed by atoms with E-state index in [4.69, 9.17) is 11.6 Å². The van der Waals surface area contributed by atoms with Crippen molar-refractivity contribution >= 4 is 17.2 Å². The zero-order chi connectivity index (χ0) is 19.2. The SMILES string of the molecule is Fc1ccc(-c2cc(C(F)(F)F)n3ncc(-c4ccccn4)c3n2)cc1Cl. The summed E-state index contributed by atoms with van der Waals surface area (Å²) in [5, 5.41) is 3.63. The lowest BCUT2D eigenvalue weighted by Gasteiger charge is -2.12. The van der Waals surface area contributed by atoms with Crippen LogP contribution in [0.15, 0.2) is 54.9 Å². The Labute approximate surface area is 155 Å². The first kappa shape index (κ1) is 17.4. The Morgan fingerprint density at radius 1 is 1.00 bits per heavy atom. The standard InChI is InChI=1S/C18H9ClF4N4/c19-12-7-10(4-5-13(12)20)15-8-16(18(21,22)23)27-17(26-15)11(9-25-27)14-3-1-2-6-24-14/h1-9H. The fourth-order valence-corrected chi connectivity index (χ4v) is 2.85. The van der Waals surface area contributed by atoms with Crippen molar-refractivity contribution in [3.8, 4) is 22.5 Å². The number of hydrogen-bond acceptors (Lipinski definition) is 3. The molecule has 27 heavy (non-hydrogen) atoms. The minimum absolute atomic E-state index is 0.00518. The third kappa shape index (κ3) is 3.12. The Morgan fingerprint density at radius 2 is 1.81 bits per heavy atom. The molecule has 0 atom stereocenters. The van der Waals surface area contributed by atoms with Gasteiger partial charge >= 0.3 is 6.18 Å². The van der Waals surface area contributed by atoms with E-state index in [-0.39, 0.29) is 21.9 Å². The molecular formula is C18H9ClF4N4. The Morgan fingerprint density at radius 3 is 2.48 bits per heavy atom. The highest BCUT2D eigenvalue weighted by atomic mass is 35.5. The third-order valence-corrected chi connectivity index (χ3v) is 4.21. The van der Waals surface area contributed by atoms with Gasteiger partial charge in [0, 0.05) is 11.8 Å². The fourth-order valence-electron chi connectivity index (χ4n) is 2.67. The quantitative estimate of drug-likeness (QED) is 0.436. The first-order valence-electron chi connectivity index (χ1n) is 7.67. The molecule has 0 spiro atoms. The van der Waals surface area contributed by atoms with Crippen LogP contribution in [0.5, 0.6) is 0 Å². The molecule has 0 saturated carbocycles. The maximum absolute atomic E-state index is 13.6. The average Bonchev–Trinajstić information content (AvgIpc) is 3.07. The van der Waals surface area contributed by atoms with Crippen LogP contribution in [0.2, 0.25) is 5.02 Å². The van der Waals surface area contributed by atoms with Crippen molar-refractivity contribution in [1.29, 1.82) is 0 Å². The Kier molecular flexibility index (Phi) is 4.07. The van der Waals surface area contributed by atoms with Gasteiger partial charge in [0.15, 0.2) is 11.3 Å². The molecule has 4 aromatic rings. The van der Waals surface area contributed by atoms with E-state index in [1.54, 1.807) is 18.2 Å². The van der Waals surface area contributed by atoms with Gasteiger partial charge in [-0.2, -0.15) is 18.3 Å². The average molecular weight is 393 g/mol. The molecular weight excluding hydrogens is 384 g/mol. The second-order valence-corrected chi connectivity index (χ2v) is 6.07. The molecule has 136 valence electrons. The number of fused-ring (bicyclic) bond motifs is 1. The topological polar surface area (TPSA) is 43.1 Å². The van der Waals surface area contributed by atoms with Gasteiger partial charge < -0.3 is 0 Å². The van der Waals surface area contributed by atoms with Gasteiger partial charge in [-0.25, -0.2) is 13.9 Å². The van der Waals surface area contributed by atoms with Crippen LogP contribution in [0.3, 0.4) is 0 Å². The molecule has 0 N–H and O–H groups in total. The Bertz CT molecular complexity index is 1140. The molecule has 0 amide bonds. The van der Waals surface area contributed by atoms with Crippen LogP contribution in [0.4, 0.5) is 17.6 Å². The van der Waals surface area contributed by atoms with Gasteiger partial charge in [-0.05, 0) is 36.4 Å². The van der Waals surface area contributed by atoms with Crippen LogP contribution in [-0.2, 0) is 6.18 Å². The normalized spacial score (nSPS) is 11.9. The van der Waals surface area contributed by atoms with Crippen molar-refractivity contribution in [1.82, 2.24) is 19.6 Å². The lowest BCUT2D eigenvalue weighted by molar-refractivity contribution is -0.142. The van der Waals surface area contributed by atoms with Crippen molar-refractivity contribution in [2.45, 2.75) is 6.18 Å². The van der Waals surface area contributed by atoms with E-state index in [0.29, 0.717) is 11.3 Å². The van der Waals surface area contributed by atoms with Gasteiger partial charge in [-0.1, -0.05) is 17.7 Å². The van der Waals surface area contributed by atoms with Crippen molar-refractivity contribution in [2.24, 2.45) is 0 Å². The molecule has 0 aliphatic heterocycles. The molecule has 0 bridgehead atoms. The lowest BCUT2D eigenvalue weighted by atomic mass is 10.1. The molecule has 0 fully saturated rings. The predicted molar refractivity (Wildman–Crippen MR) is 91.6 cm³/mol. The Balaban J connectivity index is 2.01. The number of rotatable bonds is 2. The molecule has 9 heteroatoms. The van der Waals surface area contributed by atoms with Crippen LogP contribution in [0.1, 0.15) is 5.69 Å². The van der Waals surface area contributed by atoms with E-state index in [0.717, 1.165) is 16.6 Å². The van der Waals surface area contributed by atoms with Crippen molar-refractivity contribution in [3.63, 3.8) is 0 Å². The van der Waals surface area contributed by atoms with E-state index in [1.807, 2.05) is 0 Å². The van der Waals surface area contributed by atoms with Crippen LogP contribution < -0.4 is 0 Å². The molecule has 4 rings (SSSR count). The van der Waals surface area contributed by atoms with E-state index in [1.165, 1.54) is 24.5 Å². The number of pyridine rings is 1. The van der Waals surface area contributed by atoms with Crippen LogP contribution in [-0.4, -0.2) is 19.6 Å². The number of halogens is 5. The van der Waals surface area contributed by atoms with Gasteiger partial charge in [0.25, 0.3) is 0 Å². The number of benzene rings is 1. The van der Waals surface area contributed by atoms with E-state index in [9.17, 15) is 17.6 Å². The highest BCUT2D eigenvalue weighted by molar-refractivity contribution is 6.31. The summed E-state index contributed by atoms with van der Waals surface area (Å²) in [7, 11) is 0. The molecule has 0 saturated heterocycles. The third-order valence-electron chi connectivity index (χ3n) is 3.92. The molecule has 0 unspecified atom stereocenters. The van der Waals surface area contributed by atoms with Crippen LogP contribution >= 0.6 is 11.6 Å². The summed E-state index contributed by atoms with van der Waals surface area (Å²) in [5.74, 6) is -0.670. The highest BCUT2D eigenvalue weighted by Crippen LogP contribution is 2.35. The zero-order valence-corrected chi connectivity index (χ0v) is 14.1. The van der Waals surface area contributed by atoms with Gasteiger partial charge in [0.1, 0.15) is 5.82 Å². The summed E-state index contributed by atoms with van der Waals surface area (Å²) in [6.45, 7) is 0. The van der Waals surface area contributed by atoms with E-state index in [2.05, 4.69) is 15.1 Å². The Hall–Kier alpha value is -3.00. The number of alkyl halides is 3. The summed E-state index contributed by atoms with van der Waals surface area (Å²) in [6.07, 6.45) is -1.87. The largest absolute Gasteiger partial charge is 0.433 e. The van der Waals surface area contributed by atoms with Crippen molar-refractivity contribution in [3.05, 3.63) is 71.4 Å². The van der Waals surface area contributed by atoms with Gasteiger partial charge in [-0.15, -0.1) is 0 Å². The highest BCUT2D eigenvalue weighted by Gasteiger charge is 2.35. The van der Waals surface area contributed by atoms with Gasteiger partial charge in [-0.3, -0.25) is 4.98 Å². The predicted octanol–water partition coefficient (Wildman–Crippen LogP) is 5.27. The van der Waals surface area contributed by atoms with Crippen LogP contribution in [0, 0.1) is 5.82 Å². The molecule has 1 aromatic carbocycles. The van der Waals surface area contributed by atoms with Crippen molar-refractivity contribution < 1.29 is 17.6 Å². The second kappa shape index (κ2) is 6.31. The summed E-state index contributed by atoms with van der Waals surface area (Å²) < 4.78 is 54.9. The number of hydrogen-bond donors (Lipinski definition) is 0. The molecule has 0 radical (unpaired) electrons. The summed E-state index contributed by atoms with van der Waals surface area (Å²) >= 11 is 5.77. The second-order valence-electron chi connectivity index (χ2n) is 5.66. The van der Waals surface area contributed by atoms with Gasteiger partial charge in [0.2, 0.25) is 0 Å². The molecule has 3 heterocycles. The summed E-state index contributed by atoms with van der Waals surface area (Å²) in [4.78, 5) is 8.45. The maximum Gasteiger partial charge on any atom is 0.433 e.